The van der Waals surface area contributed by atoms with Gasteiger partial charge >= 0.3 is 0 Å². The fraction of sp³-hybridized carbons (Fsp3) is 0.429. The summed E-state index contributed by atoms with van der Waals surface area (Å²) in [6.45, 7) is 0. The summed E-state index contributed by atoms with van der Waals surface area (Å²) >= 11 is 9.08. The first-order valence-electron chi connectivity index (χ1n) is 3.60. The molecule has 0 saturated heterocycles. The zero-order valence-electron chi connectivity index (χ0n) is 6.17. The van der Waals surface area contributed by atoms with Gasteiger partial charge in [0.2, 0.25) is 0 Å². The van der Waals surface area contributed by atoms with Crippen molar-refractivity contribution in [3.63, 3.8) is 0 Å². The highest BCUT2D eigenvalue weighted by molar-refractivity contribution is 9.10. The van der Waals surface area contributed by atoms with Gasteiger partial charge in [0.25, 0.3) is 0 Å². The Morgan fingerprint density at radius 2 is 2.33 bits per heavy atom. The van der Waals surface area contributed by atoms with Crippen molar-refractivity contribution in [3.05, 3.63) is 16.5 Å². The van der Waals surface area contributed by atoms with Gasteiger partial charge in [-0.05, 0) is 22.4 Å². The minimum absolute atomic E-state index is 0.200. The molecule has 2 N–H and O–H groups in total. The van der Waals surface area contributed by atoms with Crippen molar-refractivity contribution in [2.24, 2.45) is 0 Å². The SMILES string of the molecule is Nc1nc(C2CC2Cl)ncc1Br. The number of rotatable bonds is 1. The molecule has 1 aliphatic carbocycles. The van der Waals surface area contributed by atoms with Crippen LogP contribution in [0.15, 0.2) is 10.7 Å². The maximum atomic E-state index is 5.85. The van der Waals surface area contributed by atoms with Crippen LogP contribution in [-0.4, -0.2) is 15.3 Å². The van der Waals surface area contributed by atoms with E-state index in [2.05, 4.69) is 25.9 Å². The number of nitrogens with two attached hydrogens (primary N) is 1. The van der Waals surface area contributed by atoms with Crippen LogP contribution in [0.3, 0.4) is 0 Å². The maximum absolute atomic E-state index is 5.85. The molecule has 0 amide bonds. The summed E-state index contributed by atoms with van der Waals surface area (Å²) in [6, 6.07) is 0. The number of hydrogen-bond acceptors (Lipinski definition) is 3. The molecule has 3 nitrogen and oxygen atoms in total. The monoisotopic (exact) mass is 247 g/mol. The molecular formula is C7H7BrClN3. The Balaban J connectivity index is 2.29. The van der Waals surface area contributed by atoms with Crippen molar-refractivity contribution in [2.75, 3.05) is 5.73 Å². The third kappa shape index (κ3) is 1.41. The van der Waals surface area contributed by atoms with Gasteiger partial charge in [-0.1, -0.05) is 0 Å². The Kier molecular flexibility index (Phi) is 1.96. The van der Waals surface area contributed by atoms with Crippen molar-refractivity contribution in [1.82, 2.24) is 9.97 Å². The van der Waals surface area contributed by atoms with Crippen molar-refractivity contribution in [1.29, 1.82) is 0 Å². The van der Waals surface area contributed by atoms with E-state index < -0.39 is 0 Å². The minimum atomic E-state index is 0.200. The lowest BCUT2D eigenvalue weighted by molar-refractivity contribution is 0.929. The quantitative estimate of drug-likeness (QED) is 0.773. The van der Waals surface area contributed by atoms with E-state index in [9.17, 15) is 0 Å². The molecule has 0 radical (unpaired) electrons. The summed E-state index contributed by atoms with van der Waals surface area (Å²) in [4.78, 5) is 8.25. The van der Waals surface area contributed by atoms with Crippen LogP contribution in [0.5, 0.6) is 0 Å². The number of hydrogen-bond donors (Lipinski definition) is 1. The molecular weight excluding hydrogens is 241 g/mol. The van der Waals surface area contributed by atoms with Crippen LogP contribution in [0.2, 0.25) is 0 Å². The first kappa shape index (κ1) is 8.26. The highest BCUT2D eigenvalue weighted by Gasteiger charge is 2.39. The highest BCUT2D eigenvalue weighted by Crippen LogP contribution is 2.43. The highest BCUT2D eigenvalue weighted by atomic mass is 79.9. The molecule has 0 aliphatic heterocycles. The second-order valence-corrected chi connectivity index (χ2v) is 4.23. The molecule has 1 heterocycles. The topological polar surface area (TPSA) is 51.8 Å². The minimum Gasteiger partial charge on any atom is -0.383 e. The Labute approximate surface area is 83.5 Å². The van der Waals surface area contributed by atoms with Gasteiger partial charge in [-0.3, -0.25) is 0 Å². The molecule has 1 aliphatic rings. The lowest BCUT2D eigenvalue weighted by Gasteiger charge is -1.99. The maximum Gasteiger partial charge on any atom is 0.141 e. The first-order valence-corrected chi connectivity index (χ1v) is 4.83. The van der Waals surface area contributed by atoms with Crippen LogP contribution in [0.4, 0.5) is 5.82 Å². The molecule has 0 spiro atoms. The van der Waals surface area contributed by atoms with Crippen molar-refractivity contribution in [2.45, 2.75) is 17.7 Å². The number of nitrogen functional groups attached to an aromatic ring is 1. The van der Waals surface area contributed by atoms with Crippen molar-refractivity contribution in [3.8, 4) is 0 Å². The molecule has 1 fully saturated rings. The van der Waals surface area contributed by atoms with Crippen molar-refractivity contribution >= 4 is 33.3 Å². The lowest BCUT2D eigenvalue weighted by Crippen LogP contribution is -1.99. The van der Waals surface area contributed by atoms with E-state index in [1.54, 1.807) is 6.20 Å². The predicted molar refractivity (Wildman–Crippen MR) is 51.1 cm³/mol. The molecule has 12 heavy (non-hydrogen) atoms. The van der Waals surface area contributed by atoms with E-state index in [0.717, 1.165) is 16.7 Å². The average molecular weight is 249 g/mol. The molecule has 2 unspecified atom stereocenters. The molecule has 0 aromatic carbocycles. The van der Waals surface area contributed by atoms with Crippen LogP contribution in [-0.2, 0) is 0 Å². The summed E-state index contributed by atoms with van der Waals surface area (Å²) < 4.78 is 0.734. The smallest absolute Gasteiger partial charge is 0.141 e. The van der Waals surface area contributed by atoms with E-state index in [1.807, 2.05) is 0 Å². The normalized spacial score (nSPS) is 27.2. The summed E-state index contributed by atoms with van der Waals surface area (Å²) in [5.74, 6) is 1.55. The van der Waals surface area contributed by atoms with Crippen molar-refractivity contribution < 1.29 is 0 Å². The van der Waals surface area contributed by atoms with Gasteiger partial charge in [-0.25, -0.2) is 9.97 Å². The predicted octanol–water partition coefficient (Wildman–Crippen LogP) is 1.92. The van der Waals surface area contributed by atoms with Gasteiger partial charge in [-0.15, -0.1) is 11.6 Å². The largest absolute Gasteiger partial charge is 0.383 e. The molecule has 1 aromatic heterocycles. The van der Waals surface area contributed by atoms with E-state index in [4.69, 9.17) is 17.3 Å². The van der Waals surface area contributed by atoms with Gasteiger partial charge < -0.3 is 5.73 Å². The fourth-order valence-corrected chi connectivity index (χ4v) is 1.50. The number of aromatic nitrogens is 2. The van der Waals surface area contributed by atoms with Gasteiger partial charge in [0.1, 0.15) is 11.6 Å². The summed E-state index contributed by atoms with van der Waals surface area (Å²) in [5.41, 5.74) is 5.59. The average Bonchev–Trinajstić information content (AvgIpc) is 2.73. The Bertz CT molecular complexity index is 318. The zero-order valence-corrected chi connectivity index (χ0v) is 8.51. The van der Waals surface area contributed by atoms with Gasteiger partial charge in [0.15, 0.2) is 0 Å². The van der Waals surface area contributed by atoms with E-state index in [-0.39, 0.29) is 5.38 Å². The van der Waals surface area contributed by atoms with Crippen LogP contribution in [0.1, 0.15) is 18.2 Å². The fourth-order valence-electron chi connectivity index (χ4n) is 1.00. The van der Waals surface area contributed by atoms with Crippen LogP contribution in [0, 0.1) is 0 Å². The molecule has 1 aromatic rings. The van der Waals surface area contributed by atoms with Crippen LogP contribution >= 0.6 is 27.5 Å². The first-order chi connectivity index (χ1) is 5.68. The number of halogens is 2. The molecule has 64 valence electrons. The lowest BCUT2D eigenvalue weighted by atomic mass is 10.4. The summed E-state index contributed by atoms with van der Waals surface area (Å²) in [5, 5.41) is 0.200. The van der Waals surface area contributed by atoms with Gasteiger partial charge in [-0.2, -0.15) is 0 Å². The molecule has 2 atom stereocenters. The Hall–Kier alpha value is -0.350. The van der Waals surface area contributed by atoms with Crippen LogP contribution in [0.25, 0.3) is 0 Å². The molecule has 5 heteroatoms. The van der Waals surface area contributed by atoms with Crippen LogP contribution < -0.4 is 5.73 Å². The second kappa shape index (κ2) is 2.85. The second-order valence-electron chi connectivity index (χ2n) is 2.82. The molecule has 0 bridgehead atoms. The van der Waals surface area contributed by atoms with E-state index in [0.29, 0.717) is 11.7 Å². The standard InChI is InChI=1S/C7H7BrClN3/c8-4-2-11-7(12-6(4)10)3-1-5(3)9/h2-3,5H,1H2,(H2,10,11,12). The third-order valence-corrected chi connectivity index (χ3v) is 2.93. The van der Waals surface area contributed by atoms with Gasteiger partial charge in [0.05, 0.1) is 4.47 Å². The number of alkyl halides is 1. The third-order valence-electron chi connectivity index (χ3n) is 1.83. The molecule has 2 rings (SSSR count). The Morgan fingerprint density at radius 1 is 1.67 bits per heavy atom. The number of nitrogens with zero attached hydrogens (tertiary/aromatic N) is 2. The summed E-state index contributed by atoms with van der Waals surface area (Å²) in [6.07, 6.45) is 2.63. The molecule has 1 saturated carbocycles. The van der Waals surface area contributed by atoms with E-state index in [1.165, 1.54) is 0 Å². The Morgan fingerprint density at radius 3 is 2.83 bits per heavy atom. The summed E-state index contributed by atoms with van der Waals surface area (Å²) in [7, 11) is 0. The van der Waals surface area contributed by atoms with Gasteiger partial charge in [0, 0.05) is 17.5 Å². The zero-order chi connectivity index (χ0) is 8.72. The number of anilines is 1. The van der Waals surface area contributed by atoms with E-state index >= 15 is 0 Å².